The number of rotatable bonds is 19. The van der Waals surface area contributed by atoms with Crippen molar-refractivity contribution >= 4 is 11.6 Å². The minimum atomic E-state index is 0. The molecule has 0 spiro atoms. The van der Waals surface area contributed by atoms with Gasteiger partial charge in [0.25, 0.3) is 0 Å². The lowest BCUT2D eigenvalue weighted by Gasteiger charge is -2.29. The Labute approximate surface area is 182 Å². The number of alkyl halides is 1. The lowest BCUT2D eigenvalue weighted by Crippen LogP contribution is -3.00. The summed E-state index contributed by atoms with van der Waals surface area (Å²) in [6, 6.07) is 0. The van der Waals surface area contributed by atoms with Gasteiger partial charge in [-0.15, -0.1) is 11.6 Å². The molecule has 0 rings (SSSR count). The van der Waals surface area contributed by atoms with Crippen LogP contribution in [0.25, 0.3) is 0 Å². The van der Waals surface area contributed by atoms with Gasteiger partial charge >= 0.3 is 0 Å². The van der Waals surface area contributed by atoms with Gasteiger partial charge in [0.15, 0.2) is 0 Å². The molecule has 0 aromatic rings. The summed E-state index contributed by atoms with van der Waals surface area (Å²) in [5.41, 5.74) is 0. The molecule has 0 radical (unpaired) electrons. The van der Waals surface area contributed by atoms with E-state index in [1.807, 2.05) is 0 Å². The van der Waals surface area contributed by atoms with Gasteiger partial charge in [-0.25, -0.2) is 0 Å². The minimum absolute atomic E-state index is 0. The van der Waals surface area contributed by atoms with E-state index >= 15 is 0 Å². The zero-order valence-electron chi connectivity index (χ0n) is 17.6. The maximum Gasteiger partial charge on any atom is 0.0782 e. The van der Waals surface area contributed by atoms with Crippen LogP contribution >= 0.6 is 11.6 Å². The summed E-state index contributed by atoms with van der Waals surface area (Å²) in [6.07, 6.45) is 22.7. The largest absolute Gasteiger partial charge is 1.00 e. The quantitative estimate of drug-likeness (QED) is 0.108. The maximum atomic E-state index is 5.76. The number of hydrogen-bond acceptors (Lipinski definition) is 0. The molecule has 0 saturated carbocycles. The highest BCUT2D eigenvalue weighted by atomic mass is 127. The third-order valence-electron chi connectivity index (χ3n) is 5.26. The molecule has 0 heterocycles. The highest BCUT2D eigenvalue weighted by Gasteiger charge is 2.13. The van der Waals surface area contributed by atoms with Crippen LogP contribution in [0.1, 0.15) is 110 Å². The van der Waals surface area contributed by atoms with E-state index in [-0.39, 0.29) is 24.0 Å². The molecule has 0 N–H and O–H groups in total. The second kappa shape index (κ2) is 21.3. The molecular weight excluding hydrogens is 441 g/mol. The Morgan fingerprint density at radius 3 is 1.20 bits per heavy atom. The molecule has 0 bridgehead atoms. The van der Waals surface area contributed by atoms with Crippen LogP contribution in [0.5, 0.6) is 0 Å². The van der Waals surface area contributed by atoms with Crippen LogP contribution in [0.4, 0.5) is 0 Å². The summed E-state index contributed by atoms with van der Waals surface area (Å²) in [5, 5.41) is 0. The van der Waals surface area contributed by atoms with Crippen LogP contribution in [0.3, 0.4) is 0 Å². The first-order valence-corrected chi connectivity index (χ1v) is 11.5. The lowest BCUT2D eigenvalue weighted by atomic mass is 10.0. The van der Waals surface area contributed by atoms with Crippen LogP contribution in [-0.2, 0) is 0 Å². The Morgan fingerprint density at radius 2 is 0.840 bits per heavy atom. The molecule has 0 aromatic heterocycles. The van der Waals surface area contributed by atoms with Crippen molar-refractivity contribution in [1.29, 1.82) is 0 Å². The number of halogens is 2. The highest BCUT2D eigenvalue weighted by Crippen LogP contribution is 2.13. The third-order valence-corrected chi connectivity index (χ3v) is 5.53. The molecule has 1 nitrogen and oxygen atoms in total. The Hall–Kier alpha value is 0.980. The van der Waals surface area contributed by atoms with Crippen molar-refractivity contribution in [2.75, 3.05) is 33.1 Å². The van der Waals surface area contributed by atoms with E-state index in [1.54, 1.807) is 0 Å². The Balaban J connectivity index is 0. The number of quaternary nitrogens is 1. The Kier molecular flexibility index (Phi) is 24.0. The second-order valence-corrected chi connectivity index (χ2v) is 8.75. The van der Waals surface area contributed by atoms with Crippen molar-refractivity contribution in [3.05, 3.63) is 0 Å². The molecule has 0 unspecified atom stereocenters. The van der Waals surface area contributed by atoms with E-state index in [9.17, 15) is 0 Å². The van der Waals surface area contributed by atoms with Crippen molar-refractivity contribution in [2.45, 2.75) is 110 Å². The molecule has 0 aliphatic heterocycles. The Morgan fingerprint density at radius 1 is 0.520 bits per heavy atom. The van der Waals surface area contributed by atoms with E-state index in [1.165, 1.54) is 120 Å². The van der Waals surface area contributed by atoms with Crippen molar-refractivity contribution in [1.82, 2.24) is 0 Å². The van der Waals surface area contributed by atoms with Crippen molar-refractivity contribution in [3.63, 3.8) is 0 Å². The molecule has 0 fully saturated rings. The molecule has 0 aliphatic carbocycles. The minimum Gasteiger partial charge on any atom is -1.00 e. The van der Waals surface area contributed by atoms with Crippen molar-refractivity contribution < 1.29 is 28.5 Å². The smallest absolute Gasteiger partial charge is 0.0782 e. The average Bonchev–Trinajstić information content (AvgIpc) is 2.55. The summed E-state index contributed by atoms with van der Waals surface area (Å²) in [6.45, 7) is 4.91. The molecule has 25 heavy (non-hydrogen) atoms. The van der Waals surface area contributed by atoms with Crippen molar-refractivity contribution in [3.8, 4) is 0 Å². The fraction of sp³-hybridized carbons (Fsp3) is 1.00. The molecular formula is C22H47ClIN. The second-order valence-electron chi connectivity index (χ2n) is 8.38. The predicted octanol–water partition coefficient (Wildman–Crippen LogP) is 4.57. The molecule has 0 atom stereocenters. The molecule has 0 amide bonds. The summed E-state index contributed by atoms with van der Waals surface area (Å²) >= 11 is 5.76. The molecule has 154 valence electrons. The standard InChI is InChI=1S/C22H47ClN.HI/c1-4-5-6-7-8-9-10-11-12-13-14-15-16-18-21-24(2,3)22-19-17-20-23;/h4-22H2,1-3H3;1H/q+1;/p-1. The van der Waals surface area contributed by atoms with Gasteiger partial charge in [-0.3, -0.25) is 0 Å². The first kappa shape index (κ1) is 28.2. The van der Waals surface area contributed by atoms with Gasteiger partial charge in [0.2, 0.25) is 0 Å². The molecule has 0 aromatic carbocycles. The fourth-order valence-electron chi connectivity index (χ4n) is 3.48. The lowest BCUT2D eigenvalue weighted by molar-refractivity contribution is -0.890. The van der Waals surface area contributed by atoms with Crippen LogP contribution < -0.4 is 24.0 Å². The first-order valence-electron chi connectivity index (χ1n) is 11.0. The maximum absolute atomic E-state index is 5.76. The van der Waals surface area contributed by atoms with E-state index in [4.69, 9.17) is 11.6 Å². The third kappa shape index (κ3) is 22.9. The van der Waals surface area contributed by atoms with Gasteiger partial charge in [0.05, 0.1) is 27.2 Å². The van der Waals surface area contributed by atoms with E-state index in [0.29, 0.717) is 0 Å². The van der Waals surface area contributed by atoms with E-state index < -0.39 is 0 Å². The van der Waals surface area contributed by atoms with Gasteiger partial charge in [-0.1, -0.05) is 84.0 Å². The van der Waals surface area contributed by atoms with E-state index in [0.717, 1.165) is 5.88 Å². The zero-order valence-corrected chi connectivity index (χ0v) is 20.6. The van der Waals surface area contributed by atoms with Gasteiger partial charge in [0.1, 0.15) is 0 Å². The molecule has 0 saturated heterocycles. The summed E-state index contributed by atoms with van der Waals surface area (Å²) in [7, 11) is 4.74. The summed E-state index contributed by atoms with van der Waals surface area (Å²) < 4.78 is 1.18. The topological polar surface area (TPSA) is 0 Å². The highest BCUT2D eigenvalue weighted by molar-refractivity contribution is 6.17. The van der Waals surface area contributed by atoms with Gasteiger partial charge in [-0.2, -0.15) is 0 Å². The van der Waals surface area contributed by atoms with Crippen molar-refractivity contribution in [2.24, 2.45) is 0 Å². The number of nitrogens with zero attached hydrogens (tertiary/aromatic N) is 1. The molecule has 0 aliphatic rings. The average molecular weight is 488 g/mol. The van der Waals surface area contributed by atoms with E-state index in [2.05, 4.69) is 21.0 Å². The van der Waals surface area contributed by atoms with Crippen LogP contribution in [-0.4, -0.2) is 37.5 Å². The SMILES string of the molecule is CCCCCCCCCCCCCCCC[N+](C)(C)CCCCCl.[I-]. The normalized spacial score (nSPS) is 11.5. The van der Waals surface area contributed by atoms with Crippen LogP contribution in [0.2, 0.25) is 0 Å². The zero-order chi connectivity index (χ0) is 17.9. The monoisotopic (exact) mass is 487 g/mol. The van der Waals surface area contributed by atoms with Gasteiger partial charge in [0, 0.05) is 5.88 Å². The number of hydrogen-bond donors (Lipinski definition) is 0. The fourth-order valence-corrected chi connectivity index (χ4v) is 3.67. The van der Waals surface area contributed by atoms with Crippen LogP contribution in [0, 0.1) is 0 Å². The predicted molar refractivity (Wildman–Crippen MR) is 112 cm³/mol. The summed E-state index contributed by atoms with van der Waals surface area (Å²) in [4.78, 5) is 0. The molecule has 3 heteroatoms. The Bertz CT molecular complexity index is 246. The first-order chi connectivity index (χ1) is 11.6. The van der Waals surface area contributed by atoms with Gasteiger partial charge < -0.3 is 28.5 Å². The summed E-state index contributed by atoms with van der Waals surface area (Å²) in [5.74, 6) is 0.818. The van der Waals surface area contributed by atoms with Gasteiger partial charge in [-0.05, 0) is 25.7 Å². The van der Waals surface area contributed by atoms with Crippen LogP contribution in [0.15, 0.2) is 0 Å². The number of unbranched alkanes of at least 4 members (excludes halogenated alkanes) is 14.